The Balaban J connectivity index is 1.91. The molecule has 0 spiro atoms. The molecule has 0 atom stereocenters. The van der Waals surface area contributed by atoms with Crippen LogP contribution in [0.25, 0.3) is 0 Å². The van der Waals surface area contributed by atoms with Gasteiger partial charge in [-0.2, -0.15) is 8.42 Å². The van der Waals surface area contributed by atoms with Gasteiger partial charge in [0.15, 0.2) is 11.5 Å². The first-order valence-electron chi connectivity index (χ1n) is 10.2. The van der Waals surface area contributed by atoms with E-state index in [1.165, 1.54) is 12.1 Å². The van der Waals surface area contributed by atoms with Crippen LogP contribution < -0.4 is 19.0 Å². The van der Waals surface area contributed by atoms with Gasteiger partial charge >= 0.3 is 10.1 Å². The molecule has 0 aromatic heterocycles. The second-order valence-electron chi connectivity index (χ2n) is 6.94. The summed E-state index contributed by atoms with van der Waals surface area (Å²) in [6.45, 7) is 6.51. The predicted molar refractivity (Wildman–Crippen MR) is 126 cm³/mol. The van der Waals surface area contributed by atoms with Gasteiger partial charge in [0.05, 0.1) is 13.7 Å². The van der Waals surface area contributed by atoms with Crippen LogP contribution in [0.5, 0.6) is 17.2 Å². The molecule has 7 heteroatoms. The molecule has 0 bridgehead atoms. The van der Waals surface area contributed by atoms with E-state index in [0.717, 1.165) is 17.0 Å². The zero-order valence-corrected chi connectivity index (χ0v) is 19.0. The van der Waals surface area contributed by atoms with Gasteiger partial charge in [0, 0.05) is 17.8 Å². The lowest BCUT2D eigenvalue weighted by atomic mass is 10.1. The molecular formula is C25H27NO5S. The van der Waals surface area contributed by atoms with Crippen molar-refractivity contribution in [1.82, 2.24) is 0 Å². The minimum atomic E-state index is -4.01. The van der Waals surface area contributed by atoms with Gasteiger partial charge in [-0.25, -0.2) is 0 Å². The molecule has 32 heavy (non-hydrogen) atoms. The maximum atomic E-state index is 12.8. The highest BCUT2D eigenvalue weighted by atomic mass is 32.2. The zero-order valence-electron chi connectivity index (χ0n) is 18.2. The van der Waals surface area contributed by atoms with Crippen LogP contribution in [0.15, 0.2) is 84.3 Å². The minimum Gasteiger partial charge on any atom is -0.497 e. The van der Waals surface area contributed by atoms with E-state index in [1.807, 2.05) is 37.3 Å². The number of benzene rings is 3. The lowest BCUT2D eigenvalue weighted by Gasteiger charge is -2.17. The van der Waals surface area contributed by atoms with Crippen molar-refractivity contribution in [3.63, 3.8) is 0 Å². The fraction of sp³-hybridized carbons (Fsp3) is 0.200. The fourth-order valence-electron chi connectivity index (χ4n) is 3.15. The molecule has 0 fully saturated rings. The molecule has 168 valence electrons. The molecular weight excluding hydrogens is 426 g/mol. The first-order valence-corrected chi connectivity index (χ1v) is 11.6. The van der Waals surface area contributed by atoms with Gasteiger partial charge in [-0.05, 0) is 67.4 Å². The second-order valence-corrected chi connectivity index (χ2v) is 8.49. The van der Waals surface area contributed by atoms with Crippen molar-refractivity contribution < 1.29 is 22.1 Å². The highest BCUT2D eigenvalue weighted by Crippen LogP contribution is 2.36. The number of anilines is 1. The lowest BCUT2D eigenvalue weighted by Crippen LogP contribution is -2.13. The fourth-order valence-corrected chi connectivity index (χ4v) is 4.14. The lowest BCUT2D eigenvalue weighted by molar-refractivity contribution is 0.326. The summed E-state index contributed by atoms with van der Waals surface area (Å²) in [6, 6.07) is 19.3. The molecule has 3 aromatic rings. The van der Waals surface area contributed by atoms with Crippen LogP contribution in [0, 0.1) is 0 Å². The van der Waals surface area contributed by atoms with Crippen LogP contribution >= 0.6 is 0 Å². The summed E-state index contributed by atoms with van der Waals surface area (Å²) >= 11 is 0. The van der Waals surface area contributed by atoms with E-state index < -0.39 is 10.1 Å². The third-order valence-corrected chi connectivity index (χ3v) is 5.90. The number of methoxy groups -OCH3 is 1. The predicted octanol–water partition coefficient (Wildman–Crippen LogP) is 5.20. The Labute approximate surface area is 189 Å². The first kappa shape index (κ1) is 23.2. The normalized spacial score (nSPS) is 10.9. The molecule has 0 saturated carbocycles. The van der Waals surface area contributed by atoms with Crippen molar-refractivity contribution in [3.05, 3.63) is 90.5 Å². The van der Waals surface area contributed by atoms with Crippen LogP contribution in [0.3, 0.4) is 0 Å². The van der Waals surface area contributed by atoms with Crippen molar-refractivity contribution in [2.75, 3.05) is 19.0 Å². The molecule has 3 rings (SSSR count). The van der Waals surface area contributed by atoms with Crippen LogP contribution in [-0.4, -0.2) is 22.1 Å². The molecule has 0 radical (unpaired) electrons. The minimum absolute atomic E-state index is 0.0808. The molecule has 0 amide bonds. The van der Waals surface area contributed by atoms with E-state index in [4.69, 9.17) is 13.7 Å². The summed E-state index contributed by atoms with van der Waals surface area (Å²) < 4.78 is 42.2. The Kier molecular flexibility index (Phi) is 7.78. The SMILES string of the molecule is C=CCc1cc(CNc2ccc(OC)cc2)cc(OCC)c1OS(=O)(=O)c1ccccc1. The summed E-state index contributed by atoms with van der Waals surface area (Å²) in [6.07, 6.45) is 2.13. The van der Waals surface area contributed by atoms with Crippen LogP contribution in [0.2, 0.25) is 0 Å². The van der Waals surface area contributed by atoms with E-state index in [-0.39, 0.29) is 10.6 Å². The highest BCUT2D eigenvalue weighted by molar-refractivity contribution is 7.87. The third kappa shape index (κ3) is 5.82. The van der Waals surface area contributed by atoms with E-state index >= 15 is 0 Å². The first-order chi connectivity index (χ1) is 15.5. The Hall–Kier alpha value is -3.45. The van der Waals surface area contributed by atoms with Gasteiger partial charge in [-0.1, -0.05) is 24.3 Å². The topological polar surface area (TPSA) is 73.9 Å². The van der Waals surface area contributed by atoms with Gasteiger partial charge in [-0.15, -0.1) is 6.58 Å². The van der Waals surface area contributed by atoms with E-state index in [9.17, 15) is 8.42 Å². The van der Waals surface area contributed by atoms with Crippen molar-refractivity contribution >= 4 is 15.8 Å². The summed E-state index contributed by atoms with van der Waals surface area (Å²) in [4.78, 5) is 0.0808. The molecule has 6 nitrogen and oxygen atoms in total. The van der Waals surface area contributed by atoms with Gasteiger partial charge in [0.25, 0.3) is 0 Å². The Morgan fingerprint density at radius 1 is 1.03 bits per heavy atom. The Morgan fingerprint density at radius 2 is 1.75 bits per heavy atom. The summed E-state index contributed by atoms with van der Waals surface area (Å²) in [5, 5.41) is 3.35. The molecule has 0 unspecified atom stereocenters. The second kappa shape index (κ2) is 10.7. The number of rotatable bonds is 11. The van der Waals surface area contributed by atoms with Gasteiger partial charge in [0.1, 0.15) is 10.6 Å². The molecule has 3 aromatic carbocycles. The van der Waals surface area contributed by atoms with Crippen LogP contribution in [-0.2, 0) is 23.1 Å². The molecule has 0 aliphatic rings. The monoisotopic (exact) mass is 453 g/mol. The maximum Gasteiger partial charge on any atom is 0.339 e. The Bertz CT molecular complexity index is 1140. The van der Waals surface area contributed by atoms with Gasteiger partial charge in [0.2, 0.25) is 0 Å². The number of allylic oxidation sites excluding steroid dienone is 1. The quantitative estimate of drug-likeness (QED) is 0.318. The average molecular weight is 454 g/mol. The number of hydrogen-bond donors (Lipinski definition) is 1. The van der Waals surface area contributed by atoms with E-state index in [1.54, 1.807) is 37.5 Å². The third-order valence-electron chi connectivity index (χ3n) is 4.67. The van der Waals surface area contributed by atoms with Crippen molar-refractivity contribution in [2.45, 2.75) is 24.8 Å². The number of ether oxygens (including phenoxy) is 2. The Morgan fingerprint density at radius 3 is 2.38 bits per heavy atom. The molecule has 0 saturated heterocycles. The van der Waals surface area contributed by atoms with Gasteiger partial charge in [-0.3, -0.25) is 0 Å². The highest BCUT2D eigenvalue weighted by Gasteiger charge is 2.22. The van der Waals surface area contributed by atoms with E-state index in [0.29, 0.717) is 30.9 Å². The summed E-state index contributed by atoms with van der Waals surface area (Å²) in [7, 11) is -2.39. The van der Waals surface area contributed by atoms with Gasteiger partial charge < -0.3 is 19.0 Å². The molecule has 0 aliphatic heterocycles. The number of hydrogen-bond acceptors (Lipinski definition) is 6. The van der Waals surface area contributed by atoms with Crippen LogP contribution in [0.1, 0.15) is 18.1 Å². The van der Waals surface area contributed by atoms with Crippen molar-refractivity contribution in [3.8, 4) is 17.2 Å². The summed E-state index contributed by atoms with van der Waals surface area (Å²) in [5.41, 5.74) is 2.53. The molecule has 1 N–H and O–H groups in total. The largest absolute Gasteiger partial charge is 0.497 e. The van der Waals surface area contributed by atoms with E-state index in [2.05, 4.69) is 11.9 Å². The average Bonchev–Trinajstić information content (AvgIpc) is 2.81. The standard InChI is InChI=1S/C25H27NO5S/c1-4-9-20-16-19(18-26-21-12-14-22(29-3)15-13-21)17-24(30-5-2)25(20)31-32(27,28)23-10-7-6-8-11-23/h4,6-8,10-17,26H,1,5,9,18H2,2-3H3. The van der Waals surface area contributed by atoms with Crippen molar-refractivity contribution in [2.24, 2.45) is 0 Å². The zero-order chi connectivity index (χ0) is 23.0. The maximum absolute atomic E-state index is 12.8. The molecule has 0 heterocycles. The molecule has 0 aliphatic carbocycles. The number of nitrogens with one attached hydrogen (secondary N) is 1. The smallest absolute Gasteiger partial charge is 0.339 e. The van der Waals surface area contributed by atoms with Crippen LogP contribution in [0.4, 0.5) is 5.69 Å². The van der Waals surface area contributed by atoms with Crippen molar-refractivity contribution in [1.29, 1.82) is 0 Å². The summed E-state index contributed by atoms with van der Waals surface area (Å²) in [5.74, 6) is 1.34.